The molecule has 0 atom stereocenters. The molecule has 1 N–H and O–H groups in total. The molecule has 0 aliphatic carbocycles. The first-order chi connectivity index (χ1) is 13.2. The summed E-state index contributed by atoms with van der Waals surface area (Å²) < 4.78 is 11.8. The zero-order valence-electron chi connectivity index (χ0n) is 16.3. The van der Waals surface area contributed by atoms with Crippen LogP contribution in [0.3, 0.4) is 0 Å². The maximum absolute atomic E-state index is 5.98. The average molecular weight is 361 g/mol. The maximum Gasteiger partial charge on any atom is 0.161 e. The van der Waals surface area contributed by atoms with Crippen LogP contribution in [0.2, 0.25) is 0 Å². The molecule has 0 heterocycles. The van der Waals surface area contributed by atoms with E-state index in [0.29, 0.717) is 13.2 Å². The molecule has 0 fully saturated rings. The standard InChI is InChI=1S/C24H27NO2/c1-4-26-24-15-21(16-25-22-12-10-18(2)19(3)14-22)11-13-23(24)27-17-20-8-6-5-7-9-20/h5-15,25H,4,16-17H2,1-3H3. The Morgan fingerprint density at radius 3 is 2.30 bits per heavy atom. The van der Waals surface area contributed by atoms with Gasteiger partial charge in [-0.1, -0.05) is 42.5 Å². The van der Waals surface area contributed by atoms with E-state index in [-0.39, 0.29) is 0 Å². The monoisotopic (exact) mass is 361 g/mol. The summed E-state index contributed by atoms with van der Waals surface area (Å²) in [6, 6.07) is 22.7. The number of aryl methyl sites for hydroxylation is 2. The largest absolute Gasteiger partial charge is 0.490 e. The minimum atomic E-state index is 0.529. The van der Waals surface area contributed by atoms with Gasteiger partial charge in [-0.3, -0.25) is 0 Å². The third kappa shape index (κ3) is 5.27. The first-order valence-electron chi connectivity index (χ1n) is 9.39. The fraction of sp³-hybridized carbons (Fsp3) is 0.250. The maximum atomic E-state index is 5.98. The summed E-state index contributed by atoms with van der Waals surface area (Å²) in [7, 11) is 0. The highest BCUT2D eigenvalue weighted by Crippen LogP contribution is 2.29. The van der Waals surface area contributed by atoms with Crippen LogP contribution in [-0.2, 0) is 13.2 Å². The first kappa shape index (κ1) is 18.8. The predicted octanol–water partition coefficient (Wildman–Crippen LogP) is 5.89. The molecule has 0 radical (unpaired) electrons. The molecule has 0 spiro atoms. The lowest BCUT2D eigenvalue weighted by atomic mass is 10.1. The molecule has 140 valence electrons. The number of hydrogen-bond acceptors (Lipinski definition) is 3. The van der Waals surface area contributed by atoms with Gasteiger partial charge in [-0.05, 0) is 67.3 Å². The molecule has 0 bridgehead atoms. The van der Waals surface area contributed by atoms with Gasteiger partial charge in [-0.25, -0.2) is 0 Å². The topological polar surface area (TPSA) is 30.5 Å². The molecule has 0 aliphatic heterocycles. The van der Waals surface area contributed by atoms with Crippen LogP contribution in [0.4, 0.5) is 5.69 Å². The predicted molar refractivity (Wildman–Crippen MR) is 112 cm³/mol. The highest BCUT2D eigenvalue weighted by atomic mass is 16.5. The van der Waals surface area contributed by atoms with E-state index >= 15 is 0 Å². The van der Waals surface area contributed by atoms with Crippen molar-refractivity contribution in [2.45, 2.75) is 33.9 Å². The molecule has 3 rings (SSSR count). The molecule has 3 aromatic carbocycles. The van der Waals surface area contributed by atoms with Gasteiger partial charge < -0.3 is 14.8 Å². The van der Waals surface area contributed by atoms with Crippen LogP contribution in [0.5, 0.6) is 11.5 Å². The van der Waals surface area contributed by atoms with Gasteiger partial charge in [-0.15, -0.1) is 0 Å². The molecule has 0 amide bonds. The minimum Gasteiger partial charge on any atom is -0.490 e. The summed E-state index contributed by atoms with van der Waals surface area (Å²) in [5.41, 5.74) is 6.02. The quantitative estimate of drug-likeness (QED) is 0.542. The van der Waals surface area contributed by atoms with Gasteiger partial charge in [0.15, 0.2) is 11.5 Å². The number of nitrogens with one attached hydrogen (secondary N) is 1. The van der Waals surface area contributed by atoms with Gasteiger partial charge in [0.25, 0.3) is 0 Å². The van der Waals surface area contributed by atoms with Crippen LogP contribution >= 0.6 is 0 Å². The van der Waals surface area contributed by atoms with E-state index in [2.05, 4.69) is 61.6 Å². The van der Waals surface area contributed by atoms with Crippen LogP contribution < -0.4 is 14.8 Å². The van der Waals surface area contributed by atoms with Crippen molar-refractivity contribution in [3.8, 4) is 11.5 Å². The van der Waals surface area contributed by atoms with Gasteiger partial charge in [0.2, 0.25) is 0 Å². The van der Waals surface area contributed by atoms with Crippen LogP contribution in [0.1, 0.15) is 29.2 Å². The van der Waals surface area contributed by atoms with Crippen molar-refractivity contribution in [2.24, 2.45) is 0 Å². The Hall–Kier alpha value is -2.94. The second kappa shape index (κ2) is 9.13. The number of benzene rings is 3. The molecular weight excluding hydrogens is 334 g/mol. The summed E-state index contributed by atoms with van der Waals surface area (Å²) >= 11 is 0. The Morgan fingerprint density at radius 1 is 0.741 bits per heavy atom. The third-order valence-corrected chi connectivity index (χ3v) is 4.55. The van der Waals surface area contributed by atoms with Crippen molar-refractivity contribution >= 4 is 5.69 Å². The molecule has 3 heteroatoms. The highest BCUT2D eigenvalue weighted by Gasteiger charge is 2.07. The number of hydrogen-bond donors (Lipinski definition) is 1. The second-order valence-corrected chi connectivity index (χ2v) is 6.64. The first-order valence-corrected chi connectivity index (χ1v) is 9.39. The zero-order chi connectivity index (χ0) is 19.1. The molecule has 27 heavy (non-hydrogen) atoms. The summed E-state index contributed by atoms with van der Waals surface area (Å²) in [5.74, 6) is 1.56. The van der Waals surface area contributed by atoms with E-state index in [1.807, 2.05) is 31.2 Å². The second-order valence-electron chi connectivity index (χ2n) is 6.64. The fourth-order valence-corrected chi connectivity index (χ4v) is 2.84. The van der Waals surface area contributed by atoms with Gasteiger partial charge in [-0.2, -0.15) is 0 Å². The third-order valence-electron chi connectivity index (χ3n) is 4.55. The van der Waals surface area contributed by atoms with Crippen LogP contribution in [0, 0.1) is 13.8 Å². The summed E-state index contributed by atoms with van der Waals surface area (Å²) in [5, 5.41) is 3.48. The summed E-state index contributed by atoms with van der Waals surface area (Å²) in [4.78, 5) is 0. The minimum absolute atomic E-state index is 0.529. The average Bonchev–Trinajstić information content (AvgIpc) is 2.69. The van der Waals surface area contributed by atoms with Crippen molar-refractivity contribution in [2.75, 3.05) is 11.9 Å². The smallest absolute Gasteiger partial charge is 0.161 e. The Labute approximate surface area is 162 Å². The number of ether oxygens (including phenoxy) is 2. The lowest BCUT2D eigenvalue weighted by Crippen LogP contribution is -2.03. The fourth-order valence-electron chi connectivity index (χ4n) is 2.84. The van der Waals surface area contributed by atoms with E-state index < -0.39 is 0 Å². The van der Waals surface area contributed by atoms with Gasteiger partial charge >= 0.3 is 0 Å². The molecule has 3 nitrogen and oxygen atoms in total. The van der Waals surface area contributed by atoms with Gasteiger partial charge in [0, 0.05) is 12.2 Å². The molecule has 0 aliphatic rings. The lowest BCUT2D eigenvalue weighted by Gasteiger charge is -2.14. The molecule has 0 saturated carbocycles. The number of anilines is 1. The van der Waals surface area contributed by atoms with Crippen molar-refractivity contribution in [1.82, 2.24) is 0 Å². The van der Waals surface area contributed by atoms with Crippen LogP contribution in [0.15, 0.2) is 66.7 Å². The number of rotatable bonds is 8. The SMILES string of the molecule is CCOc1cc(CNc2ccc(C)c(C)c2)ccc1OCc1ccccc1. The zero-order valence-corrected chi connectivity index (χ0v) is 16.3. The van der Waals surface area contributed by atoms with Gasteiger partial charge in [0.05, 0.1) is 6.61 Å². The molecule has 0 unspecified atom stereocenters. The molecule has 0 aromatic heterocycles. The van der Waals surface area contributed by atoms with Crippen molar-refractivity contribution in [3.63, 3.8) is 0 Å². The van der Waals surface area contributed by atoms with Crippen LogP contribution in [-0.4, -0.2) is 6.61 Å². The van der Waals surface area contributed by atoms with Crippen molar-refractivity contribution < 1.29 is 9.47 Å². The summed E-state index contributed by atoms with van der Waals surface area (Å²) in [6.45, 7) is 8.12. The van der Waals surface area contributed by atoms with E-state index in [4.69, 9.17) is 9.47 Å². The van der Waals surface area contributed by atoms with Crippen molar-refractivity contribution in [3.05, 3.63) is 89.0 Å². The molecule has 0 saturated heterocycles. The highest BCUT2D eigenvalue weighted by molar-refractivity contribution is 5.49. The Balaban J connectivity index is 1.67. The van der Waals surface area contributed by atoms with Gasteiger partial charge in [0.1, 0.15) is 6.61 Å². The van der Waals surface area contributed by atoms with Crippen molar-refractivity contribution in [1.29, 1.82) is 0 Å². The van der Waals surface area contributed by atoms with E-state index in [1.54, 1.807) is 0 Å². The Morgan fingerprint density at radius 2 is 1.56 bits per heavy atom. The summed E-state index contributed by atoms with van der Waals surface area (Å²) in [6.07, 6.45) is 0. The normalized spacial score (nSPS) is 10.5. The van der Waals surface area contributed by atoms with Crippen LogP contribution in [0.25, 0.3) is 0 Å². The Bertz CT molecular complexity index is 875. The Kier molecular flexibility index (Phi) is 6.37. The lowest BCUT2D eigenvalue weighted by molar-refractivity contribution is 0.269. The van der Waals surface area contributed by atoms with E-state index in [0.717, 1.165) is 34.9 Å². The van der Waals surface area contributed by atoms with E-state index in [1.165, 1.54) is 11.1 Å². The molecular formula is C24H27NO2. The molecule has 3 aromatic rings. The van der Waals surface area contributed by atoms with E-state index in [9.17, 15) is 0 Å².